The van der Waals surface area contributed by atoms with E-state index in [9.17, 15) is 4.79 Å². The smallest absolute Gasteiger partial charge is 0.270 e. The highest BCUT2D eigenvalue weighted by Crippen LogP contribution is 1.91. The molecule has 1 amide bonds. The Hall–Kier alpha value is -1.83. The van der Waals surface area contributed by atoms with Crippen LogP contribution in [0.3, 0.4) is 0 Å². The first kappa shape index (κ1) is 8.27. The van der Waals surface area contributed by atoms with E-state index in [0.29, 0.717) is 5.69 Å². The molecule has 2 N–H and O–H groups in total. The highest BCUT2D eigenvalue weighted by molar-refractivity contribution is 5.92. The van der Waals surface area contributed by atoms with Crippen molar-refractivity contribution in [3.63, 3.8) is 0 Å². The minimum Gasteiger partial charge on any atom is -0.335 e. The lowest BCUT2D eigenvalue weighted by atomic mass is 10.3. The third kappa shape index (κ3) is 1.83. The van der Waals surface area contributed by atoms with Crippen LogP contribution in [0.2, 0.25) is 0 Å². The second-order valence-corrected chi connectivity index (χ2v) is 2.29. The van der Waals surface area contributed by atoms with Crippen molar-refractivity contribution in [3.05, 3.63) is 18.0 Å². The van der Waals surface area contributed by atoms with E-state index in [1.165, 1.54) is 6.20 Å². The van der Waals surface area contributed by atoms with Crippen LogP contribution >= 0.6 is 0 Å². The van der Waals surface area contributed by atoms with Crippen molar-refractivity contribution < 1.29 is 4.79 Å². The van der Waals surface area contributed by atoms with Gasteiger partial charge < -0.3 is 5.32 Å². The minimum atomic E-state index is -0.485. The number of hydrogen-bond acceptors (Lipinski definition) is 3. The number of hydrogen-bond donors (Lipinski definition) is 2. The van der Waals surface area contributed by atoms with Gasteiger partial charge in [0.15, 0.2) is 0 Å². The molecule has 5 heteroatoms. The lowest BCUT2D eigenvalue weighted by Crippen LogP contribution is -2.31. The van der Waals surface area contributed by atoms with Gasteiger partial charge >= 0.3 is 0 Å². The monoisotopic (exact) mass is 164 g/mol. The summed E-state index contributed by atoms with van der Waals surface area (Å²) in [6, 6.07) is 2.95. The van der Waals surface area contributed by atoms with Crippen molar-refractivity contribution in [2.45, 2.75) is 13.0 Å². The van der Waals surface area contributed by atoms with Gasteiger partial charge in [0, 0.05) is 6.20 Å². The van der Waals surface area contributed by atoms with Crippen LogP contribution in [0.4, 0.5) is 0 Å². The number of carbonyl (C=O) groups is 1. The quantitative estimate of drug-likeness (QED) is 0.648. The fourth-order valence-electron chi connectivity index (χ4n) is 0.689. The van der Waals surface area contributed by atoms with Gasteiger partial charge in [-0.3, -0.25) is 9.89 Å². The molecule has 1 aromatic heterocycles. The normalized spacial score (nSPS) is 11.7. The van der Waals surface area contributed by atoms with Crippen molar-refractivity contribution in [2.24, 2.45) is 0 Å². The molecule has 62 valence electrons. The molecule has 0 unspecified atom stereocenters. The van der Waals surface area contributed by atoms with Crippen molar-refractivity contribution >= 4 is 5.91 Å². The zero-order valence-electron chi connectivity index (χ0n) is 6.53. The Bertz CT molecular complexity index is 298. The van der Waals surface area contributed by atoms with Crippen LogP contribution in [0.1, 0.15) is 17.4 Å². The standard InChI is InChI=1S/C7H8N4O/c1-5(4-8)10-7(12)6-2-3-9-11-6/h2-3,5H,1H3,(H,9,11)(H,10,12)/t5-/m0/s1. The first-order valence-electron chi connectivity index (χ1n) is 3.44. The molecule has 0 aliphatic rings. The first-order chi connectivity index (χ1) is 5.74. The molecule has 1 atom stereocenters. The van der Waals surface area contributed by atoms with Crippen LogP contribution in [0.25, 0.3) is 0 Å². The number of H-pyrrole nitrogens is 1. The highest BCUT2D eigenvalue weighted by Gasteiger charge is 2.08. The van der Waals surface area contributed by atoms with Gasteiger partial charge in [-0.1, -0.05) is 0 Å². The molecule has 0 saturated carbocycles. The fourth-order valence-corrected chi connectivity index (χ4v) is 0.689. The molecule has 1 rings (SSSR count). The zero-order chi connectivity index (χ0) is 8.97. The lowest BCUT2D eigenvalue weighted by Gasteiger charge is -2.02. The minimum absolute atomic E-state index is 0.318. The Morgan fingerprint density at radius 3 is 3.17 bits per heavy atom. The predicted molar refractivity (Wildman–Crippen MR) is 41.1 cm³/mol. The number of nitrogens with one attached hydrogen (secondary N) is 2. The number of aromatic amines is 1. The van der Waals surface area contributed by atoms with Crippen LogP contribution in [0, 0.1) is 11.3 Å². The molecule has 1 aromatic rings. The lowest BCUT2D eigenvalue weighted by molar-refractivity contribution is 0.0943. The van der Waals surface area contributed by atoms with Gasteiger partial charge in [-0.25, -0.2) is 0 Å². The summed E-state index contributed by atoms with van der Waals surface area (Å²) in [5.74, 6) is -0.318. The Morgan fingerprint density at radius 1 is 1.92 bits per heavy atom. The number of rotatable bonds is 2. The number of nitrogens with zero attached hydrogens (tertiary/aromatic N) is 2. The van der Waals surface area contributed by atoms with Gasteiger partial charge in [0.25, 0.3) is 5.91 Å². The Labute approximate surface area is 69.4 Å². The van der Waals surface area contributed by atoms with Crippen LogP contribution in [0.5, 0.6) is 0 Å². The van der Waals surface area contributed by atoms with E-state index in [4.69, 9.17) is 5.26 Å². The SMILES string of the molecule is C[C@@H](C#N)NC(=O)c1ccn[nH]1. The maximum Gasteiger partial charge on any atom is 0.270 e. The zero-order valence-corrected chi connectivity index (χ0v) is 6.53. The third-order valence-corrected chi connectivity index (χ3v) is 1.29. The van der Waals surface area contributed by atoms with Gasteiger partial charge in [-0.2, -0.15) is 10.4 Å². The summed E-state index contributed by atoms with van der Waals surface area (Å²) in [6.45, 7) is 1.61. The Kier molecular flexibility index (Phi) is 2.43. The van der Waals surface area contributed by atoms with Crippen LogP contribution in [-0.4, -0.2) is 22.1 Å². The van der Waals surface area contributed by atoms with Crippen LogP contribution in [0.15, 0.2) is 12.3 Å². The second-order valence-electron chi connectivity index (χ2n) is 2.29. The molecule has 0 saturated heterocycles. The average Bonchev–Trinajstić information content (AvgIpc) is 2.56. The molecule has 5 nitrogen and oxygen atoms in total. The number of amides is 1. The van der Waals surface area contributed by atoms with E-state index in [-0.39, 0.29) is 5.91 Å². The molecular weight excluding hydrogens is 156 g/mol. The summed E-state index contributed by atoms with van der Waals surface area (Å²) >= 11 is 0. The number of carbonyl (C=O) groups excluding carboxylic acids is 1. The number of nitriles is 1. The highest BCUT2D eigenvalue weighted by atomic mass is 16.2. The molecule has 0 bridgehead atoms. The molecule has 0 radical (unpaired) electrons. The van der Waals surface area contributed by atoms with E-state index < -0.39 is 6.04 Å². The van der Waals surface area contributed by atoms with Crippen molar-refractivity contribution in [1.82, 2.24) is 15.5 Å². The van der Waals surface area contributed by atoms with Gasteiger partial charge in [-0.05, 0) is 13.0 Å². The molecular formula is C7H8N4O. The summed E-state index contributed by atoms with van der Waals surface area (Å²) in [7, 11) is 0. The molecule has 0 fully saturated rings. The fraction of sp³-hybridized carbons (Fsp3) is 0.286. The second kappa shape index (κ2) is 3.53. The predicted octanol–water partition coefficient (Wildman–Crippen LogP) is 0.0516. The maximum atomic E-state index is 11.1. The Morgan fingerprint density at radius 2 is 2.67 bits per heavy atom. The first-order valence-corrected chi connectivity index (χ1v) is 3.44. The van der Waals surface area contributed by atoms with Crippen LogP contribution in [-0.2, 0) is 0 Å². The van der Waals surface area contributed by atoms with E-state index in [1.807, 2.05) is 6.07 Å². The van der Waals surface area contributed by atoms with Gasteiger partial charge in [0.05, 0.1) is 6.07 Å². The summed E-state index contributed by atoms with van der Waals surface area (Å²) in [6.07, 6.45) is 1.48. The van der Waals surface area contributed by atoms with Gasteiger partial charge in [-0.15, -0.1) is 0 Å². The van der Waals surface area contributed by atoms with Crippen molar-refractivity contribution in [2.75, 3.05) is 0 Å². The third-order valence-electron chi connectivity index (χ3n) is 1.29. The largest absolute Gasteiger partial charge is 0.335 e. The van der Waals surface area contributed by atoms with Crippen LogP contribution < -0.4 is 5.32 Å². The topological polar surface area (TPSA) is 81.6 Å². The van der Waals surface area contributed by atoms with E-state index in [2.05, 4.69) is 15.5 Å². The Balaban J connectivity index is 2.57. The molecule has 0 aliphatic carbocycles. The summed E-state index contributed by atoms with van der Waals surface area (Å²) in [5.41, 5.74) is 0.358. The van der Waals surface area contributed by atoms with E-state index in [0.717, 1.165) is 0 Å². The summed E-state index contributed by atoms with van der Waals surface area (Å²) in [5, 5.41) is 17.0. The summed E-state index contributed by atoms with van der Waals surface area (Å²) in [4.78, 5) is 11.1. The maximum absolute atomic E-state index is 11.1. The molecule has 0 spiro atoms. The summed E-state index contributed by atoms with van der Waals surface area (Å²) < 4.78 is 0. The van der Waals surface area contributed by atoms with Crippen molar-refractivity contribution in [1.29, 1.82) is 5.26 Å². The van der Waals surface area contributed by atoms with E-state index >= 15 is 0 Å². The molecule has 1 heterocycles. The molecule has 0 aromatic carbocycles. The van der Waals surface area contributed by atoms with E-state index in [1.54, 1.807) is 13.0 Å². The average molecular weight is 164 g/mol. The number of aromatic nitrogens is 2. The molecule has 12 heavy (non-hydrogen) atoms. The van der Waals surface area contributed by atoms with Crippen molar-refractivity contribution in [3.8, 4) is 6.07 Å². The molecule has 0 aliphatic heterocycles. The van der Waals surface area contributed by atoms with Gasteiger partial charge in [0.1, 0.15) is 11.7 Å². The van der Waals surface area contributed by atoms with Gasteiger partial charge in [0.2, 0.25) is 0 Å².